The number of carbonyl (C=O) groups excluding carboxylic acids is 1. The third kappa shape index (κ3) is 7.74. The van der Waals surface area contributed by atoms with Crippen LogP contribution in [0.15, 0.2) is 36.4 Å². The summed E-state index contributed by atoms with van der Waals surface area (Å²) in [6.45, 7) is 1.78. The fourth-order valence-electron chi connectivity index (χ4n) is 4.14. The van der Waals surface area contributed by atoms with Gasteiger partial charge < -0.3 is 15.0 Å². The summed E-state index contributed by atoms with van der Waals surface area (Å²) >= 11 is -1.86. The Labute approximate surface area is 203 Å². The van der Waals surface area contributed by atoms with Gasteiger partial charge in [-0.05, 0) is 73.2 Å². The van der Waals surface area contributed by atoms with E-state index in [0.717, 1.165) is 36.3 Å². The minimum atomic E-state index is -4.46. The second-order valence-electron chi connectivity index (χ2n) is 8.66. The van der Waals surface area contributed by atoms with Gasteiger partial charge in [0, 0.05) is 19.6 Å². The Balaban J connectivity index is 0.000000795. The average Bonchev–Trinajstić information content (AvgIpc) is 3.59. The summed E-state index contributed by atoms with van der Waals surface area (Å²) in [6, 6.07) is 8.22. The molecule has 1 atom stereocenters. The summed E-state index contributed by atoms with van der Waals surface area (Å²) in [5.41, 5.74) is 6.24. The van der Waals surface area contributed by atoms with E-state index in [1.807, 2.05) is 0 Å². The molecule has 0 spiro atoms. The topological polar surface area (TPSA) is 95.7 Å². The first kappa shape index (κ1) is 27.1. The van der Waals surface area contributed by atoms with Crippen molar-refractivity contribution in [3.63, 3.8) is 0 Å². The van der Waals surface area contributed by atoms with Gasteiger partial charge in [0.15, 0.2) is 0 Å². The van der Waals surface area contributed by atoms with Crippen molar-refractivity contribution in [2.24, 2.45) is 5.73 Å². The predicted octanol–water partition coefficient (Wildman–Crippen LogP) is 4.36. The highest BCUT2D eigenvalue weighted by Gasteiger charge is 2.35. The number of carbonyl (C=O) groups is 1. The summed E-state index contributed by atoms with van der Waals surface area (Å²) in [4.78, 5) is 13.6. The number of likely N-dealkylation sites (tertiary alicyclic amines) is 1. The number of hydrogen-bond acceptors (Lipinski definition) is 5. The molecule has 0 bridgehead atoms. The minimum absolute atomic E-state index is 0.0823. The number of halogens is 4. The normalized spacial score (nSPS) is 17.9. The third-order valence-electron chi connectivity index (χ3n) is 5.93. The molecule has 1 saturated carbocycles. The van der Waals surface area contributed by atoms with Crippen LogP contribution in [0, 0.1) is 5.82 Å². The zero-order valence-electron chi connectivity index (χ0n) is 19.1. The lowest BCUT2D eigenvalue weighted by atomic mass is 9.97. The van der Waals surface area contributed by atoms with Crippen LogP contribution < -0.4 is 10.5 Å². The maximum Gasteiger partial charge on any atom is 0.419 e. The standard InChI is InChI=1S/C23H24F4N2O2.CH4O2S/c24-20-11-15(17(14-5-6-14)12-18(20)22(28)30)13-29-9-7-16(8-10-29)31-21-4-2-1-3-19(21)23(25,26)27;1-4(2)3/h1-4,11-12,14,16H,5-10,13H2,(H2,28,30);1H3,(H,2,3)/p-1. The van der Waals surface area contributed by atoms with Crippen molar-refractivity contribution in [3.05, 3.63) is 64.5 Å². The summed E-state index contributed by atoms with van der Waals surface area (Å²) in [6.07, 6.45) is -0.523. The van der Waals surface area contributed by atoms with Crippen LogP contribution in [0.1, 0.15) is 58.6 Å². The molecule has 0 radical (unpaired) electrons. The fourth-order valence-corrected chi connectivity index (χ4v) is 4.14. The van der Waals surface area contributed by atoms with E-state index in [-0.39, 0.29) is 17.4 Å². The van der Waals surface area contributed by atoms with Crippen LogP contribution >= 0.6 is 0 Å². The van der Waals surface area contributed by atoms with Crippen molar-refractivity contribution in [1.82, 2.24) is 4.90 Å². The lowest BCUT2D eigenvalue weighted by molar-refractivity contribution is -0.139. The van der Waals surface area contributed by atoms with E-state index in [1.54, 1.807) is 6.07 Å². The number of alkyl halides is 3. The Morgan fingerprint density at radius 2 is 1.77 bits per heavy atom. The Kier molecular flexibility index (Phi) is 8.89. The van der Waals surface area contributed by atoms with Crippen molar-refractivity contribution < 1.29 is 35.9 Å². The Hall–Kier alpha value is -2.50. The van der Waals surface area contributed by atoms with Crippen LogP contribution in [0.25, 0.3) is 0 Å². The predicted molar refractivity (Wildman–Crippen MR) is 122 cm³/mol. The van der Waals surface area contributed by atoms with Gasteiger partial charge in [0.05, 0.1) is 11.1 Å². The van der Waals surface area contributed by atoms with Crippen molar-refractivity contribution in [1.29, 1.82) is 0 Å². The second kappa shape index (κ2) is 11.5. The SMILES string of the molecule is CS(=O)[O-].NC(=O)c1cc(C2CC2)c(CN2CCC(Oc3ccccc3C(F)(F)F)CC2)cc1F. The van der Waals surface area contributed by atoms with Crippen LogP contribution in [-0.2, 0) is 23.8 Å². The van der Waals surface area contributed by atoms with E-state index < -0.39 is 34.5 Å². The number of ether oxygens (including phenoxy) is 1. The number of nitrogens with zero attached hydrogens (tertiary/aromatic N) is 1. The van der Waals surface area contributed by atoms with Gasteiger partial charge in [-0.15, -0.1) is 0 Å². The van der Waals surface area contributed by atoms with Crippen LogP contribution in [0.2, 0.25) is 0 Å². The molecule has 1 saturated heterocycles. The monoisotopic (exact) mass is 515 g/mol. The molecule has 192 valence electrons. The summed E-state index contributed by atoms with van der Waals surface area (Å²) in [5.74, 6) is -1.21. The molecule has 2 aromatic carbocycles. The first-order valence-electron chi connectivity index (χ1n) is 11.1. The highest BCUT2D eigenvalue weighted by Crippen LogP contribution is 2.43. The van der Waals surface area contributed by atoms with E-state index in [4.69, 9.17) is 19.2 Å². The van der Waals surface area contributed by atoms with Gasteiger partial charge >= 0.3 is 6.18 Å². The van der Waals surface area contributed by atoms with Crippen LogP contribution in [0.5, 0.6) is 5.75 Å². The molecule has 2 N–H and O–H groups in total. The molecule has 2 aromatic rings. The first-order valence-corrected chi connectivity index (χ1v) is 12.6. The zero-order valence-corrected chi connectivity index (χ0v) is 20.0. The molecule has 2 aliphatic rings. The Morgan fingerprint density at radius 1 is 1.17 bits per heavy atom. The van der Waals surface area contributed by atoms with Gasteiger partial charge in [-0.2, -0.15) is 13.2 Å². The molecule has 0 aromatic heterocycles. The number of primary amides is 1. The van der Waals surface area contributed by atoms with E-state index in [9.17, 15) is 22.4 Å². The number of rotatable bonds is 6. The second-order valence-corrected chi connectivity index (χ2v) is 9.46. The number of amides is 1. The van der Waals surface area contributed by atoms with Crippen molar-refractivity contribution in [3.8, 4) is 5.75 Å². The van der Waals surface area contributed by atoms with Gasteiger partial charge in [0.25, 0.3) is 5.91 Å². The molecule has 4 rings (SSSR count). The number of hydrogen-bond donors (Lipinski definition) is 1. The molecular weight excluding hydrogens is 488 g/mol. The Morgan fingerprint density at radius 3 is 2.31 bits per heavy atom. The molecule has 11 heteroatoms. The van der Waals surface area contributed by atoms with Gasteiger partial charge in [-0.25, -0.2) is 4.39 Å². The van der Waals surface area contributed by atoms with E-state index in [1.165, 1.54) is 24.3 Å². The molecular formula is C24H27F4N2O4S-. The number of benzene rings is 2. The molecule has 1 heterocycles. The lowest BCUT2D eigenvalue weighted by Gasteiger charge is -2.33. The van der Waals surface area contributed by atoms with E-state index in [2.05, 4.69) is 4.90 Å². The van der Waals surface area contributed by atoms with Gasteiger partial charge in [0.2, 0.25) is 0 Å². The molecule has 1 unspecified atom stereocenters. The molecule has 2 fully saturated rings. The fraction of sp³-hybridized carbons (Fsp3) is 0.458. The van der Waals surface area contributed by atoms with Gasteiger partial charge in [-0.1, -0.05) is 23.2 Å². The van der Waals surface area contributed by atoms with Gasteiger partial charge in [-0.3, -0.25) is 13.9 Å². The van der Waals surface area contributed by atoms with Crippen LogP contribution in [0.4, 0.5) is 17.6 Å². The largest absolute Gasteiger partial charge is 0.773 e. The third-order valence-corrected chi connectivity index (χ3v) is 5.93. The van der Waals surface area contributed by atoms with Crippen LogP contribution in [-0.4, -0.2) is 45.0 Å². The smallest absolute Gasteiger partial charge is 0.419 e. The number of para-hydroxylation sites is 1. The lowest BCUT2D eigenvalue weighted by Crippen LogP contribution is -2.38. The van der Waals surface area contributed by atoms with E-state index >= 15 is 0 Å². The molecule has 6 nitrogen and oxygen atoms in total. The highest BCUT2D eigenvalue weighted by atomic mass is 32.2. The average molecular weight is 516 g/mol. The summed E-state index contributed by atoms with van der Waals surface area (Å²) in [7, 11) is 0. The maximum absolute atomic E-state index is 14.3. The van der Waals surface area contributed by atoms with Gasteiger partial charge in [0.1, 0.15) is 17.7 Å². The molecule has 1 aliphatic heterocycles. The quantitative estimate of drug-likeness (QED) is 0.456. The summed E-state index contributed by atoms with van der Waals surface area (Å²) < 4.78 is 77.5. The van der Waals surface area contributed by atoms with E-state index in [0.29, 0.717) is 38.4 Å². The minimum Gasteiger partial charge on any atom is -0.773 e. The highest BCUT2D eigenvalue weighted by molar-refractivity contribution is 7.78. The van der Waals surface area contributed by atoms with Crippen molar-refractivity contribution in [2.45, 2.75) is 50.4 Å². The Bertz CT molecular complexity index is 1060. The summed E-state index contributed by atoms with van der Waals surface area (Å²) in [5, 5.41) is 0. The molecule has 35 heavy (non-hydrogen) atoms. The number of nitrogens with two attached hydrogens (primary N) is 1. The zero-order chi connectivity index (χ0) is 25.8. The maximum atomic E-state index is 14.3. The first-order chi connectivity index (χ1) is 16.5. The molecule has 1 aliphatic carbocycles. The van der Waals surface area contributed by atoms with Crippen molar-refractivity contribution >= 4 is 17.0 Å². The van der Waals surface area contributed by atoms with Crippen molar-refractivity contribution in [2.75, 3.05) is 19.3 Å². The molecule has 1 amide bonds. The number of piperidine rings is 1. The van der Waals surface area contributed by atoms with Crippen LogP contribution in [0.3, 0.4) is 0 Å².